The summed E-state index contributed by atoms with van der Waals surface area (Å²) in [6.07, 6.45) is 0.233. The maximum absolute atomic E-state index is 10.3. The van der Waals surface area contributed by atoms with Gasteiger partial charge in [-0.1, -0.05) is 0 Å². The highest BCUT2D eigenvalue weighted by Crippen LogP contribution is 2.18. The van der Waals surface area contributed by atoms with Gasteiger partial charge < -0.3 is 0 Å². The van der Waals surface area contributed by atoms with Crippen LogP contribution in [0.4, 0.5) is 0 Å². The second-order valence-electron chi connectivity index (χ2n) is 1.86. The summed E-state index contributed by atoms with van der Waals surface area (Å²) in [4.78, 5) is 0. The molecule has 0 aliphatic heterocycles. The molecule has 0 spiro atoms. The molecule has 0 aromatic heterocycles. The third-order valence-corrected chi connectivity index (χ3v) is 3.80. The molecule has 2 atom stereocenters. The van der Waals surface area contributed by atoms with Gasteiger partial charge in [0.15, 0.2) is 4.71 Å². The van der Waals surface area contributed by atoms with E-state index in [9.17, 15) is 8.42 Å². The van der Waals surface area contributed by atoms with E-state index in [1.54, 1.807) is 0 Å². The molecule has 0 radical (unpaired) electrons. The van der Waals surface area contributed by atoms with Gasteiger partial charge >= 0.3 is 0 Å². The van der Waals surface area contributed by atoms with Gasteiger partial charge in [-0.2, -0.15) is 8.42 Å². The van der Waals surface area contributed by atoms with E-state index in [4.69, 9.17) is 39.4 Å². The fourth-order valence-electron chi connectivity index (χ4n) is 0.422. The van der Waals surface area contributed by atoms with Gasteiger partial charge in [-0.05, 0) is 6.42 Å². The van der Waals surface area contributed by atoms with Gasteiger partial charge in [-0.15, -0.1) is 34.8 Å². The highest BCUT2D eigenvalue weighted by Gasteiger charge is 2.27. The third kappa shape index (κ3) is 4.38. The summed E-state index contributed by atoms with van der Waals surface area (Å²) in [5.41, 5.74) is 0. The predicted molar refractivity (Wildman–Crippen MR) is 46.2 cm³/mol. The molecule has 68 valence electrons. The SMILES string of the molecule is O=S(=O)(O)C(Cl)C(Cl)CCCl. The van der Waals surface area contributed by atoms with Gasteiger partial charge in [0, 0.05) is 5.88 Å². The van der Waals surface area contributed by atoms with E-state index in [1.165, 1.54) is 0 Å². The lowest BCUT2D eigenvalue weighted by Gasteiger charge is -2.10. The van der Waals surface area contributed by atoms with E-state index in [-0.39, 0.29) is 12.3 Å². The Morgan fingerprint density at radius 3 is 2.09 bits per heavy atom. The Kier molecular flexibility index (Phi) is 5.05. The van der Waals surface area contributed by atoms with E-state index < -0.39 is 20.2 Å². The Bertz CT molecular complexity index is 203. The Morgan fingerprint density at radius 2 is 1.82 bits per heavy atom. The molecule has 0 fully saturated rings. The minimum absolute atomic E-state index is 0.201. The van der Waals surface area contributed by atoms with Crippen molar-refractivity contribution in [1.29, 1.82) is 0 Å². The molecule has 0 bridgehead atoms. The molecule has 0 heterocycles. The predicted octanol–water partition coefficient (Wildman–Crippen LogP) is 1.68. The van der Waals surface area contributed by atoms with Crippen molar-refractivity contribution in [3.05, 3.63) is 0 Å². The summed E-state index contributed by atoms with van der Waals surface area (Å²) in [6, 6.07) is 0. The van der Waals surface area contributed by atoms with Gasteiger partial charge in [-0.3, -0.25) is 4.55 Å². The molecule has 0 saturated heterocycles. The summed E-state index contributed by atoms with van der Waals surface area (Å²) in [5.74, 6) is 0.201. The van der Waals surface area contributed by atoms with Crippen LogP contribution in [0.2, 0.25) is 0 Å². The monoisotopic (exact) mass is 240 g/mol. The van der Waals surface area contributed by atoms with E-state index >= 15 is 0 Å². The molecule has 0 aromatic carbocycles. The quantitative estimate of drug-likeness (QED) is 0.602. The van der Waals surface area contributed by atoms with Gasteiger partial charge in [0.25, 0.3) is 10.1 Å². The van der Waals surface area contributed by atoms with Gasteiger partial charge in [0.2, 0.25) is 0 Å². The second kappa shape index (κ2) is 4.72. The molecule has 0 amide bonds. The van der Waals surface area contributed by atoms with E-state index in [1.807, 2.05) is 0 Å². The maximum Gasteiger partial charge on any atom is 0.283 e. The second-order valence-corrected chi connectivity index (χ2v) is 5.07. The fraction of sp³-hybridized carbons (Fsp3) is 1.00. The summed E-state index contributed by atoms with van der Waals surface area (Å²) in [7, 11) is -4.25. The number of hydrogen-bond acceptors (Lipinski definition) is 2. The average molecular weight is 242 g/mol. The lowest BCUT2D eigenvalue weighted by Crippen LogP contribution is -2.24. The van der Waals surface area contributed by atoms with Crippen molar-refractivity contribution in [1.82, 2.24) is 0 Å². The number of rotatable bonds is 4. The highest BCUT2D eigenvalue weighted by molar-refractivity contribution is 7.87. The average Bonchev–Trinajstić information content (AvgIpc) is 1.85. The zero-order valence-electron chi connectivity index (χ0n) is 5.37. The summed E-state index contributed by atoms with van der Waals surface area (Å²) in [6.45, 7) is 0. The van der Waals surface area contributed by atoms with Crippen LogP contribution >= 0.6 is 34.8 Å². The Balaban J connectivity index is 4.14. The van der Waals surface area contributed by atoms with Crippen molar-refractivity contribution in [2.75, 3.05) is 5.88 Å². The molecule has 11 heavy (non-hydrogen) atoms. The van der Waals surface area contributed by atoms with E-state index in [0.29, 0.717) is 0 Å². The van der Waals surface area contributed by atoms with Crippen molar-refractivity contribution in [3.63, 3.8) is 0 Å². The standard InChI is InChI=1S/C4H7Cl3O3S/c5-2-1-3(6)4(7)11(8,9)10/h3-4H,1-2H2,(H,8,9,10). The van der Waals surface area contributed by atoms with Crippen LogP contribution in [0.1, 0.15) is 6.42 Å². The summed E-state index contributed by atoms with van der Waals surface area (Å²) >= 11 is 16.0. The first-order valence-corrected chi connectivity index (χ1v) is 5.61. The molecular formula is C4H7Cl3O3S. The molecule has 0 aromatic rings. The van der Waals surface area contributed by atoms with Crippen LogP contribution in [0, 0.1) is 0 Å². The van der Waals surface area contributed by atoms with Gasteiger partial charge in [0.1, 0.15) is 0 Å². The summed E-state index contributed by atoms with van der Waals surface area (Å²) < 4.78 is 27.6. The first-order chi connectivity index (χ1) is 4.89. The van der Waals surface area contributed by atoms with Gasteiger partial charge in [-0.25, -0.2) is 0 Å². The lowest BCUT2D eigenvalue weighted by atomic mass is 10.4. The summed E-state index contributed by atoms with van der Waals surface area (Å²) in [5, 5.41) is -0.857. The Morgan fingerprint density at radius 1 is 1.36 bits per heavy atom. The number of hydrogen-bond donors (Lipinski definition) is 1. The number of alkyl halides is 3. The molecule has 0 aliphatic rings. The maximum atomic E-state index is 10.3. The van der Waals surface area contributed by atoms with Crippen molar-refractivity contribution in [2.45, 2.75) is 16.5 Å². The van der Waals surface area contributed by atoms with Crippen molar-refractivity contribution >= 4 is 44.9 Å². The lowest BCUT2D eigenvalue weighted by molar-refractivity contribution is 0.476. The van der Waals surface area contributed by atoms with Crippen LogP contribution in [0.25, 0.3) is 0 Å². The number of halogens is 3. The molecule has 0 rings (SSSR count). The van der Waals surface area contributed by atoms with Crippen LogP contribution in [0.3, 0.4) is 0 Å². The van der Waals surface area contributed by atoms with Gasteiger partial charge in [0.05, 0.1) is 5.38 Å². The Hall–Kier alpha value is 0.780. The van der Waals surface area contributed by atoms with Crippen molar-refractivity contribution in [3.8, 4) is 0 Å². The molecule has 0 aliphatic carbocycles. The van der Waals surface area contributed by atoms with Crippen LogP contribution in [-0.2, 0) is 10.1 Å². The molecular weight excluding hydrogens is 234 g/mol. The fourth-order valence-corrected chi connectivity index (χ4v) is 1.90. The Labute approximate surface area is 80.4 Å². The minimum atomic E-state index is -4.25. The molecule has 3 nitrogen and oxygen atoms in total. The topological polar surface area (TPSA) is 54.4 Å². The zero-order valence-corrected chi connectivity index (χ0v) is 8.46. The highest BCUT2D eigenvalue weighted by atomic mass is 35.5. The van der Waals surface area contributed by atoms with Crippen molar-refractivity contribution < 1.29 is 13.0 Å². The largest absolute Gasteiger partial charge is 0.284 e. The van der Waals surface area contributed by atoms with Crippen LogP contribution in [-0.4, -0.2) is 28.9 Å². The van der Waals surface area contributed by atoms with Crippen LogP contribution < -0.4 is 0 Å². The molecule has 7 heteroatoms. The third-order valence-electron chi connectivity index (χ3n) is 0.954. The normalized spacial score (nSPS) is 17.8. The van der Waals surface area contributed by atoms with Crippen LogP contribution in [0.15, 0.2) is 0 Å². The minimum Gasteiger partial charge on any atom is -0.284 e. The van der Waals surface area contributed by atoms with Crippen LogP contribution in [0.5, 0.6) is 0 Å². The molecule has 1 N–H and O–H groups in total. The molecule has 2 unspecified atom stereocenters. The van der Waals surface area contributed by atoms with Crippen molar-refractivity contribution in [2.24, 2.45) is 0 Å². The van der Waals surface area contributed by atoms with E-state index in [0.717, 1.165) is 0 Å². The smallest absolute Gasteiger partial charge is 0.283 e. The van der Waals surface area contributed by atoms with E-state index in [2.05, 4.69) is 0 Å². The molecule has 0 saturated carbocycles. The first kappa shape index (κ1) is 11.8. The first-order valence-electron chi connectivity index (χ1n) is 2.70. The zero-order chi connectivity index (χ0) is 9.07.